The van der Waals surface area contributed by atoms with E-state index < -0.39 is 6.04 Å². The van der Waals surface area contributed by atoms with E-state index >= 15 is 0 Å². The molecule has 1 N–H and O–H groups in total. The molecule has 0 aliphatic rings. The van der Waals surface area contributed by atoms with E-state index in [1.165, 1.54) is 0 Å². The molecule has 0 bridgehead atoms. The van der Waals surface area contributed by atoms with Crippen molar-refractivity contribution < 1.29 is 9.53 Å². The molecule has 1 aromatic heterocycles. The molecule has 0 aliphatic carbocycles. The Morgan fingerprint density at radius 1 is 1.25 bits per heavy atom. The zero-order chi connectivity index (χ0) is 17.5. The normalized spacial score (nSPS) is 11.7. The summed E-state index contributed by atoms with van der Waals surface area (Å²) in [5.74, 6) is 0.261. The SMILES string of the molecule is CCOC(=O)C(Cc1ccccc1)Nc1nc(Cl)nc(N(C)C)n1. The molecule has 0 amide bonds. The summed E-state index contributed by atoms with van der Waals surface area (Å²) in [6.45, 7) is 2.06. The van der Waals surface area contributed by atoms with Gasteiger partial charge in [-0.15, -0.1) is 0 Å². The zero-order valence-electron chi connectivity index (χ0n) is 13.9. The molecule has 128 valence electrons. The Kier molecular flexibility index (Phi) is 6.31. The third-order valence-electron chi connectivity index (χ3n) is 3.15. The van der Waals surface area contributed by atoms with Crippen LogP contribution in [-0.2, 0) is 16.0 Å². The van der Waals surface area contributed by atoms with Gasteiger partial charge in [-0.05, 0) is 24.1 Å². The van der Waals surface area contributed by atoms with Gasteiger partial charge < -0.3 is 15.0 Å². The van der Waals surface area contributed by atoms with Crippen LogP contribution in [0.25, 0.3) is 0 Å². The third-order valence-corrected chi connectivity index (χ3v) is 3.32. The van der Waals surface area contributed by atoms with Crippen LogP contribution in [0.4, 0.5) is 11.9 Å². The highest BCUT2D eigenvalue weighted by atomic mass is 35.5. The predicted molar refractivity (Wildman–Crippen MR) is 93.4 cm³/mol. The topological polar surface area (TPSA) is 80.2 Å². The predicted octanol–water partition coefficient (Wildman–Crippen LogP) is 2.18. The van der Waals surface area contributed by atoms with Crippen LogP contribution >= 0.6 is 11.6 Å². The quantitative estimate of drug-likeness (QED) is 0.767. The molecule has 0 aliphatic heterocycles. The van der Waals surface area contributed by atoms with Gasteiger partial charge in [0.05, 0.1) is 6.61 Å². The van der Waals surface area contributed by atoms with Crippen molar-refractivity contribution in [2.24, 2.45) is 0 Å². The van der Waals surface area contributed by atoms with E-state index in [0.29, 0.717) is 19.0 Å². The number of hydrogen-bond donors (Lipinski definition) is 1. The van der Waals surface area contributed by atoms with E-state index in [9.17, 15) is 4.79 Å². The van der Waals surface area contributed by atoms with Gasteiger partial charge in [0, 0.05) is 20.5 Å². The van der Waals surface area contributed by atoms with E-state index in [1.807, 2.05) is 30.3 Å². The zero-order valence-corrected chi connectivity index (χ0v) is 14.6. The number of ether oxygens (including phenoxy) is 1. The van der Waals surface area contributed by atoms with Gasteiger partial charge in [-0.1, -0.05) is 30.3 Å². The molecular formula is C16H20ClN5O2. The van der Waals surface area contributed by atoms with Crippen LogP contribution in [0.5, 0.6) is 0 Å². The largest absolute Gasteiger partial charge is 0.464 e. The van der Waals surface area contributed by atoms with Gasteiger partial charge in [-0.3, -0.25) is 0 Å². The smallest absolute Gasteiger partial charge is 0.328 e. The molecule has 1 atom stereocenters. The number of carbonyl (C=O) groups excluding carboxylic acids is 1. The van der Waals surface area contributed by atoms with Crippen molar-refractivity contribution in [2.45, 2.75) is 19.4 Å². The van der Waals surface area contributed by atoms with Gasteiger partial charge in [0.15, 0.2) is 0 Å². The average Bonchev–Trinajstić information content (AvgIpc) is 2.55. The minimum Gasteiger partial charge on any atom is -0.464 e. The van der Waals surface area contributed by atoms with E-state index in [1.54, 1.807) is 25.9 Å². The molecule has 0 radical (unpaired) electrons. The monoisotopic (exact) mass is 349 g/mol. The number of aromatic nitrogens is 3. The Labute approximate surface area is 146 Å². The summed E-state index contributed by atoms with van der Waals surface area (Å²) in [6.07, 6.45) is 0.445. The average molecular weight is 350 g/mol. The highest BCUT2D eigenvalue weighted by Gasteiger charge is 2.22. The second kappa shape index (κ2) is 8.44. The molecule has 24 heavy (non-hydrogen) atoms. The maximum atomic E-state index is 12.3. The van der Waals surface area contributed by atoms with Crippen molar-refractivity contribution in [3.63, 3.8) is 0 Å². The second-order valence-electron chi connectivity index (χ2n) is 5.26. The molecule has 1 heterocycles. The fourth-order valence-corrected chi connectivity index (χ4v) is 2.20. The minimum absolute atomic E-state index is 0.0542. The van der Waals surface area contributed by atoms with Crippen molar-refractivity contribution >= 4 is 29.5 Å². The third kappa shape index (κ3) is 5.06. The molecule has 0 spiro atoms. The fourth-order valence-electron chi connectivity index (χ4n) is 2.05. The van der Waals surface area contributed by atoms with Crippen LogP contribution in [-0.4, -0.2) is 47.7 Å². The lowest BCUT2D eigenvalue weighted by Gasteiger charge is -2.18. The Hall–Kier alpha value is -2.41. The maximum Gasteiger partial charge on any atom is 0.328 e. The fraction of sp³-hybridized carbons (Fsp3) is 0.375. The molecular weight excluding hydrogens is 330 g/mol. The lowest BCUT2D eigenvalue weighted by Crippen LogP contribution is -2.34. The van der Waals surface area contributed by atoms with Crippen molar-refractivity contribution in [1.82, 2.24) is 15.0 Å². The number of halogens is 1. The van der Waals surface area contributed by atoms with Crippen LogP contribution in [0, 0.1) is 0 Å². The number of benzene rings is 1. The summed E-state index contributed by atoms with van der Waals surface area (Å²) in [5.41, 5.74) is 0.996. The Balaban J connectivity index is 2.23. The Morgan fingerprint density at radius 3 is 2.58 bits per heavy atom. The summed E-state index contributed by atoms with van der Waals surface area (Å²) >= 11 is 5.93. The first kappa shape index (κ1) is 17.9. The van der Waals surface area contributed by atoms with Gasteiger partial charge in [-0.2, -0.15) is 15.0 Å². The summed E-state index contributed by atoms with van der Waals surface area (Å²) in [7, 11) is 3.59. The summed E-state index contributed by atoms with van der Waals surface area (Å²) in [4.78, 5) is 26.3. The Bertz CT molecular complexity index is 681. The van der Waals surface area contributed by atoms with Gasteiger partial charge in [0.1, 0.15) is 6.04 Å². The van der Waals surface area contributed by atoms with E-state index in [2.05, 4.69) is 20.3 Å². The number of anilines is 2. The summed E-state index contributed by atoms with van der Waals surface area (Å²) < 4.78 is 5.14. The van der Waals surface area contributed by atoms with Crippen LogP contribution in [0.1, 0.15) is 12.5 Å². The number of carbonyl (C=O) groups is 1. The highest BCUT2D eigenvalue weighted by molar-refractivity contribution is 6.28. The first-order valence-electron chi connectivity index (χ1n) is 7.55. The van der Waals surface area contributed by atoms with Gasteiger partial charge in [0.25, 0.3) is 0 Å². The van der Waals surface area contributed by atoms with Gasteiger partial charge in [0.2, 0.25) is 17.2 Å². The van der Waals surface area contributed by atoms with Gasteiger partial charge >= 0.3 is 5.97 Å². The van der Waals surface area contributed by atoms with Crippen molar-refractivity contribution in [1.29, 1.82) is 0 Å². The number of esters is 1. The first-order valence-corrected chi connectivity index (χ1v) is 7.93. The van der Waals surface area contributed by atoms with E-state index in [-0.39, 0.29) is 17.2 Å². The number of hydrogen-bond acceptors (Lipinski definition) is 7. The van der Waals surface area contributed by atoms with Gasteiger partial charge in [-0.25, -0.2) is 4.79 Å². The standard InChI is InChI=1S/C16H20ClN5O2/c1-4-24-13(23)12(10-11-8-6-5-7-9-11)18-15-19-14(17)20-16(21-15)22(2)3/h5-9,12H,4,10H2,1-3H3,(H,18,19,20,21). The van der Waals surface area contributed by atoms with Crippen LogP contribution < -0.4 is 10.2 Å². The highest BCUT2D eigenvalue weighted by Crippen LogP contribution is 2.14. The maximum absolute atomic E-state index is 12.3. The first-order chi connectivity index (χ1) is 11.5. The second-order valence-corrected chi connectivity index (χ2v) is 5.60. The molecule has 0 fully saturated rings. The van der Waals surface area contributed by atoms with Crippen LogP contribution in [0.15, 0.2) is 30.3 Å². The molecule has 1 aromatic carbocycles. The number of nitrogens with one attached hydrogen (secondary N) is 1. The van der Waals surface area contributed by atoms with Crippen LogP contribution in [0.3, 0.4) is 0 Å². The van der Waals surface area contributed by atoms with E-state index in [0.717, 1.165) is 5.56 Å². The molecule has 2 aromatic rings. The number of nitrogens with zero attached hydrogens (tertiary/aromatic N) is 4. The minimum atomic E-state index is -0.624. The summed E-state index contributed by atoms with van der Waals surface area (Å²) in [6, 6.07) is 9.02. The Morgan fingerprint density at radius 2 is 1.96 bits per heavy atom. The lowest BCUT2D eigenvalue weighted by atomic mass is 10.1. The van der Waals surface area contributed by atoms with Crippen LogP contribution in [0.2, 0.25) is 5.28 Å². The molecule has 8 heteroatoms. The number of rotatable bonds is 7. The summed E-state index contributed by atoms with van der Waals surface area (Å²) in [5, 5.41) is 3.05. The van der Waals surface area contributed by atoms with Crippen molar-refractivity contribution in [2.75, 3.05) is 30.9 Å². The molecule has 1 unspecified atom stereocenters. The van der Waals surface area contributed by atoms with E-state index in [4.69, 9.17) is 16.3 Å². The molecule has 2 rings (SSSR count). The molecule has 0 saturated heterocycles. The molecule has 0 saturated carbocycles. The lowest BCUT2D eigenvalue weighted by molar-refractivity contribution is -0.144. The van der Waals surface area contributed by atoms with Crippen molar-refractivity contribution in [3.05, 3.63) is 41.2 Å². The molecule has 7 nitrogen and oxygen atoms in total. The van der Waals surface area contributed by atoms with Crippen molar-refractivity contribution in [3.8, 4) is 0 Å².